The van der Waals surface area contributed by atoms with Gasteiger partial charge >= 0.3 is 0 Å². The highest BCUT2D eigenvalue weighted by Crippen LogP contribution is 2.34. The monoisotopic (exact) mass is 325 g/mol. The maximum absolute atomic E-state index is 12.9. The first-order valence-corrected chi connectivity index (χ1v) is 8.64. The zero-order valence-corrected chi connectivity index (χ0v) is 14.0. The SMILES string of the molecule is COC[C@@H]1CN(C(=O)c2ccccc2)Cc2c1cnn2CC1CC1. The molecule has 24 heavy (non-hydrogen) atoms. The first-order valence-electron chi connectivity index (χ1n) is 8.64. The lowest BCUT2D eigenvalue weighted by Crippen LogP contribution is -2.40. The zero-order valence-electron chi connectivity index (χ0n) is 14.0. The van der Waals surface area contributed by atoms with Crippen molar-refractivity contribution in [3.05, 3.63) is 53.3 Å². The molecule has 1 aliphatic heterocycles. The molecule has 0 unspecified atom stereocenters. The summed E-state index contributed by atoms with van der Waals surface area (Å²) in [6.07, 6.45) is 4.57. The normalized spacial score (nSPS) is 20.0. The van der Waals surface area contributed by atoms with E-state index < -0.39 is 0 Å². The second-order valence-corrected chi connectivity index (χ2v) is 6.88. The van der Waals surface area contributed by atoms with Crippen molar-refractivity contribution >= 4 is 5.91 Å². The fourth-order valence-corrected chi connectivity index (χ4v) is 3.51. The summed E-state index contributed by atoms with van der Waals surface area (Å²) in [7, 11) is 1.71. The molecule has 126 valence electrons. The molecule has 4 rings (SSSR count). The number of hydrogen-bond donors (Lipinski definition) is 0. The summed E-state index contributed by atoms with van der Waals surface area (Å²) in [6.45, 7) is 2.91. The third-order valence-corrected chi connectivity index (χ3v) is 5.01. The highest BCUT2D eigenvalue weighted by molar-refractivity contribution is 5.94. The molecule has 2 aromatic rings. The van der Waals surface area contributed by atoms with Crippen LogP contribution >= 0.6 is 0 Å². The number of benzene rings is 1. The number of carbonyl (C=O) groups is 1. The molecule has 1 fully saturated rings. The van der Waals surface area contributed by atoms with E-state index in [4.69, 9.17) is 4.74 Å². The zero-order chi connectivity index (χ0) is 16.5. The molecule has 1 aromatic carbocycles. The number of nitrogens with zero attached hydrogens (tertiary/aromatic N) is 3. The van der Waals surface area contributed by atoms with E-state index in [0.717, 1.165) is 18.0 Å². The van der Waals surface area contributed by atoms with Crippen molar-refractivity contribution in [1.82, 2.24) is 14.7 Å². The molecule has 0 N–H and O–H groups in total. The van der Waals surface area contributed by atoms with E-state index in [-0.39, 0.29) is 11.8 Å². The number of hydrogen-bond acceptors (Lipinski definition) is 3. The van der Waals surface area contributed by atoms with Crippen LogP contribution < -0.4 is 0 Å². The Morgan fingerprint density at radius 1 is 1.29 bits per heavy atom. The second-order valence-electron chi connectivity index (χ2n) is 6.88. The maximum atomic E-state index is 12.9. The minimum Gasteiger partial charge on any atom is -0.384 e. The van der Waals surface area contributed by atoms with Gasteiger partial charge in [0.2, 0.25) is 0 Å². The molecule has 1 amide bonds. The van der Waals surface area contributed by atoms with Crippen molar-refractivity contribution in [1.29, 1.82) is 0 Å². The van der Waals surface area contributed by atoms with E-state index in [1.54, 1.807) is 7.11 Å². The summed E-state index contributed by atoms with van der Waals surface area (Å²) in [5.74, 6) is 1.04. The van der Waals surface area contributed by atoms with Crippen LogP contribution in [0.2, 0.25) is 0 Å². The van der Waals surface area contributed by atoms with Crippen molar-refractivity contribution in [2.24, 2.45) is 5.92 Å². The van der Waals surface area contributed by atoms with Crippen LogP contribution in [0.25, 0.3) is 0 Å². The molecule has 2 aliphatic rings. The molecule has 1 aromatic heterocycles. The Hall–Kier alpha value is -2.14. The van der Waals surface area contributed by atoms with Crippen LogP contribution in [-0.2, 0) is 17.8 Å². The molecule has 5 heteroatoms. The van der Waals surface area contributed by atoms with Gasteiger partial charge in [-0.25, -0.2) is 0 Å². The molecule has 1 aliphatic carbocycles. The van der Waals surface area contributed by atoms with Crippen molar-refractivity contribution in [2.75, 3.05) is 20.3 Å². The number of amides is 1. The van der Waals surface area contributed by atoms with Crippen molar-refractivity contribution in [3.8, 4) is 0 Å². The Morgan fingerprint density at radius 2 is 2.08 bits per heavy atom. The summed E-state index contributed by atoms with van der Waals surface area (Å²) >= 11 is 0. The Balaban J connectivity index is 1.62. The van der Waals surface area contributed by atoms with Crippen LogP contribution in [0.1, 0.15) is 40.4 Å². The fourth-order valence-electron chi connectivity index (χ4n) is 3.51. The maximum Gasteiger partial charge on any atom is 0.254 e. The fraction of sp³-hybridized carbons (Fsp3) is 0.474. The molecule has 1 saturated carbocycles. The second kappa shape index (κ2) is 6.40. The molecule has 5 nitrogen and oxygen atoms in total. The Bertz CT molecular complexity index is 721. The van der Waals surface area contributed by atoms with E-state index >= 15 is 0 Å². The number of rotatable bonds is 5. The lowest BCUT2D eigenvalue weighted by molar-refractivity contribution is 0.0674. The van der Waals surface area contributed by atoms with Crippen LogP contribution in [-0.4, -0.2) is 40.8 Å². The summed E-state index contributed by atoms with van der Waals surface area (Å²) in [6, 6.07) is 9.51. The van der Waals surface area contributed by atoms with Crippen molar-refractivity contribution in [3.63, 3.8) is 0 Å². The average Bonchev–Trinajstić information content (AvgIpc) is 3.34. The summed E-state index contributed by atoms with van der Waals surface area (Å²) in [5, 5.41) is 4.60. The predicted molar refractivity (Wildman–Crippen MR) is 90.8 cm³/mol. The first-order chi connectivity index (χ1) is 11.8. The van der Waals surface area contributed by atoms with Gasteiger partial charge < -0.3 is 9.64 Å². The lowest BCUT2D eigenvalue weighted by Gasteiger charge is -2.33. The molecule has 0 saturated heterocycles. The highest BCUT2D eigenvalue weighted by atomic mass is 16.5. The summed E-state index contributed by atoms with van der Waals surface area (Å²) < 4.78 is 7.51. The van der Waals surface area contributed by atoms with Gasteiger partial charge in [0.1, 0.15) is 0 Å². The minimum atomic E-state index is 0.0847. The third-order valence-electron chi connectivity index (χ3n) is 5.01. The Kier molecular flexibility index (Phi) is 4.10. The third kappa shape index (κ3) is 2.96. The van der Waals surface area contributed by atoms with Crippen LogP contribution in [0.15, 0.2) is 36.5 Å². The molecule has 2 heterocycles. The quantitative estimate of drug-likeness (QED) is 0.849. The number of methoxy groups -OCH3 is 1. The molecule has 0 radical (unpaired) electrons. The molecule has 0 spiro atoms. The Labute approximate surface area is 142 Å². The van der Waals surface area contributed by atoms with Crippen LogP contribution in [0, 0.1) is 5.92 Å². The van der Waals surface area contributed by atoms with Gasteiger partial charge in [0, 0.05) is 37.2 Å². The smallest absolute Gasteiger partial charge is 0.254 e. The number of aromatic nitrogens is 2. The van der Waals surface area contributed by atoms with Gasteiger partial charge in [-0.05, 0) is 30.9 Å². The summed E-state index contributed by atoms with van der Waals surface area (Å²) in [5.41, 5.74) is 3.17. The Morgan fingerprint density at radius 3 is 2.79 bits per heavy atom. The highest BCUT2D eigenvalue weighted by Gasteiger charge is 2.33. The van der Waals surface area contributed by atoms with Gasteiger partial charge in [-0.3, -0.25) is 9.48 Å². The predicted octanol–water partition coefficient (Wildman–Crippen LogP) is 2.68. The van der Waals surface area contributed by atoms with E-state index in [9.17, 15) is 4.79 Å². The van der Waals surface area contributed by atoms with Crippen molar-refractivity contribution < 1.29 is 9.53 Å². The van der Waals surface area contributed by atoms with Gasteiger partial charge in [0.05, 0.1) is 25.0 Å². The van der Waals surface area contributed by atoms with Crippen LogP contribution in [0.4, 0.5) is 0 Å². The first kappa shape index (κ1) is 15.4. The lowest BCUT2D eigenvalue weighted by atomic mass is 9.95. The average molecular weight is 325 g/mol. The molecule has 1 atom stereocenters. The molecular formula is C19H23N3O2. The topological polar surface area (TPSA) is 47.4 Å². The number of carbonyl (C=O) groups excluding carboxylic acids is 1. The standard InChI is InChI=1S/C19H23N3O2/c1-24-13-16-11-21(19(23)15-5-3-2-4-6-15)12-18-17(16)9-20-22(18)10-14-7-8-14/h2-6,9,14,16H,7-8,10-13H2,1H3/t16-/m0/s1. The van der Waals surface area contributed by atoms with Crippen LogP contribution in [0.3, 0.4) is 0 Å². The largest absolute Gasteiger partial charge is 0.384 e. The van der Waals surface area contributed by atoms with Crippen molar-refractivity contribution in [2.45, 2.75) is 31.8 Å². The number of fused-ring (bicyclic) bond motifs is 1. The van der Waals surface area contributed by atoms with Gasteiger partial charge in [0.25, 0.3) is 5.91 Å². The minimum absolute atomic E-state index is 0.0847. The molecular weight excluding hydrogens is 302 g/mol. The number of ether oxygens (including phenoxy) is 1. The van der Waals surface area contributed by atoms with E-state index in [2.05, 4.69) is 9.78 Å². The van der Waals surface area contributed by atoms with Gasteiger partial charge in [0.15, 0.2) is 0 Å². The van der Waals surface area contributed by atoms with Crippen LogP contribution in [0.5, 0.6) is 0 Å². The van der Waals surface area contributed by atoms with Gasteiger partial charge in [-0.1, -0.05) is 18.2 Å². The van der Waals surface area contributed by atoms with Gasteiger partial charge in [-0.2, -0.15) is 5.10 Å². The van der Waals surface area contributed by atoms with E-state index in [1.807, 2.05) is 41.4 Å². The molecule has 0 bridgehead atoms. The summed E-state index contributed by atoms with van der Waals surface area (Å²) in [4.78, 5) is 14.8. The van der Waals surface area contributed by atoms with Gasteiger partial charge in [-0.15, -0.1) is 0 Å². The van der Waals surface area contributed by atoms with E-state index in [0.29, 0.717) is 19.7 Å². The van der Waals surface area contributed by atoms with E-state index in [1.165, 1.54) is 24.1 Å².